The first-order valence-corrected chi connectivity index (χ1v) is 9.37. The number of methoxy groups -OCH3 is 1. The van der Waals surface area contributed by atoms with Gasteiger partial charge in [-0.3, -0.25) is 9.36 Å². The fraction of sp³-hybridized carbons (Fsp3) is 0.286. The first-order chi connectivity index (χ1) is 14.4. The minimum Gasteiger partial charge on any atom is -0.465 e. The van der Waals surface area contributed by atoms with E-state index >= 15 is 0 Å². The summed E-state index contributed by atoms with van der Waals surface area (Å²) < 4.78 is 39.3. The van der Waals surface area contributed by atoms with Gasteiger partial charge in [-0.1, -0.05) is 6.07 Å². The molecule has 0 saturated carbocycles. The molecule has 0 aliphatic carbocycles. The second kappa shape index (κ2) is 7.74. The van der Waals surface area contributed by atoms with Gasteiger partial charge in [-0.15, -0.1) is 0 Å². The summed E-state index contributed by atoms with van der Waals surface area (Å²) >= 11 is 0. The Labute approximate surface area is 169 Å². The van der Waals surface area contributed by atoms with Crippen molar-refractivity contribution in [2.75, 3.05) is 20.2 Å². The topological polar surface area (TPSA) is 81.8 Å². The molecule has 7 nitrogen and oxygen atoms in total. The normalized spacial score (nSPS) is 14.8. The molecule has 30 heavy (non-hydrogen) atoms. The summed E-state index contributed by atoms with van der Waals surface area (Å²) in [6.45, 7) is 0.431. The number of rotatable bonds is 3. The number of amides is 1. The van der Waals surface area contributed by atoms with Gasteiger partial charge in [0.2, 0.25) is 0 Å². The third kappa shape index (κ3) is 3.36. The molecule has 1 fully saturated rings. The summed E-state index contributed by atoms with van der Waals surface area (Å²) in [5, 5.41) is 0. The van der Waals surface area contributed by atoms with Crippen molar-refractivity contribution in [3.8, 4) is 0 Å². The van der Waals surface area contributed by atoms with Gasteiger partial charge in [-0.05, 0) is 43.2 Å². The van der Waals surface area contributed by atoms with Gasteiger partial charge in [0.15, 0.2) is 5.58 Å². The predicted octanol–water partition coefficient (Wildman–Crippen LogP) is 3.14. The molecular weight excluding hydrogens is 398 g/mol. The minimum absolute atomic E-state index is 0.215. The monoisotopic (exact) mass is 416 g/mol. The van der Waals surface area contributed by atoms with Crippen molar-refractivity contribution in [2.24, 2.45) is 0 Å². The molecule has 9 heteroatoms. The number of halogens is 2. The molecule has 3 aromatic rings. The largest absolute Gasteiger partial charge is 0.465 e. The van der Waals surface area contributed by atoms with Gasteiger partial charge < -0.3 is 14.1 Å². The first kappa shape index (κ1) is 19.8. The molecule has 1 amide bonds. The number of carbonyl (C=O) groups excluding carboxylic acids is 2. The zero-order chi connectivity index (χ0) is 21.4. The fourth-order valence-electron chi connectivity index (χ4n) is 3.81. The number of oxazole rings is 1. The molecule has 0 radical (unpaired) electrons. The van der Waals surface area contributed by atoms with E-state index in [1.807, 2.05) is 0 Å². The zero-order valence-corrected chi connectivity index (χ0v) is 16.1. The molecule has 1 aromatic heterocycles. The van der Waals surface area contributed by atoms with E-state index in [2.05, 4.69) is 0 Å². The van der Waals surface area contributed by atoms with Gasteiger partial charge in [0.25, 0.3) is 5.91 Å². The highest BCUT2D eigenvalue weighted by atomic mass is 19.1. The van der Waals surface area contributed by atoms with Crippen LogP contribution in [0.5, 0.6) is 0 Å². The molecule has 0 unspecified atom stereocenters. The van der Waals surface area contributed by atoms with Crippen LogP contribution in [0.25, 0.3) is 11.1 Å². The Balaban J connectivity index is 1.58. The van der Waals surface area contributed by atoms with Crippen molar-refractivity contribution < 1.29 is 27.5 Å². The highest BCUT2D eigenvalue weighted by Crippen LogP contribution is 2.28. The van der Waals surface area contributed by atoms with Crippen LogP contribution in [0.4, 0.5) is 8.78 Å². The number of benzene rings is 2. The molecule has 1 aliphatic heterocycles. The Morgan fingerprint density at radius 3 is 2.40 bits per heavy atom. The average Bonchev–Trinajstić information content (AvgIpc) is 3.07. The maximum absolute atomic E-state index is 13.9. The van der Waals surface area contributed by atoms with E-state index in [0.717, 1.165) is 12.1 Å². The number of aromatic nitrogens is 1. The van der Waals surface area contributed by atoms with E-state index in [-0.39, 0.29) is 24.7 Å². The Morgan fingerprint density at radius 1 is 1.10 bits per heavy atom. The third-order valence-corrected chi connectivity index (χ3v) is 5.33. The van der Waals surface area contributed by atoms with Crippen molar-refractivity contribution >= 4 is 23.0 Å². The number of hydrogen-bond donors (Lipinski definition) is 0. The van der Waals surface area contributed by atoms with Crippen molar-refractivity contribution in [3.05, 3.63) is 69.7 Å². The number of hydrogen-bond acceptors (Lipinski definition) is 5. The standard InChI is InChI=1S/C21H18F2N2O5/c1-29-20(27)12-5-6-17-16(11-12)25(21(28)30-17)13-7-9-24(10-8-13)19(26)18-14(22)3-2-4-15(18)23/h2-6,11,13H,7-10H2,1H3. The molecule has 0 atom stereocenters. The van der Waals surface area contributed by atoms with Gasteiger partial charge in [0.05, 0.1) is 18.2 Å². The summed E-state index contributed by atoms with van der Waals surface area (Å²) in [6, 6.07) is 7.55. The summed E-state index contributed by atoms with van der Waals surface area (Å²) in [7, 11) is 1.26. The Morgan fingerprint density at radius 2 is 1.77 bits per heavy atom. The highest BCUT2D eigenvalue weighted by Gasteiger charge is 2.30. The third-order valence-electron chi connectivity index (χ3n) is 5.33. The van der Waals surface area contributed by atoms with Gasteiger partial charge >= 0.3 is 11.7 Å². The molecule has 0 spiro atoms. The van der Waals surface area contributed by atoms with E-state index in [4.69, 9.17) is 9.15 Å². The molecule has 2 heterocycles. The van der Waals surface area contributed by atoms with E-state index in [1.165, 1.54) is 40.8 Å². The molecule has 2 aromatic carbocycles. The molecule has 0 N–H and O–H groups in total. The zero-order valence-electron chi connectivity index (χ0n) is 16.1. The molecule has 0 bridgehead atoms. The molecule has 156 valence electrons. The molecule has 4 rings (SSSR count). The van der Waals surface area contributed by atoms with Crippen molar-refractivity contribution in [1.82, 2.24) is 9.47 Å². The maximum Gasteiger partial charge on any atom is 0.420 e. The van der Waals surface area contributed by atoms with Crippen molar-refractivity contribution in [2.45, 2.75) is 18.9 Å². The number of esters is 1. The number of carbonyl (C=O) groups is 2. The van der Waals surface area contributed by atoms with E-state index in [0.29, 0.717) is 23.9 Å². The van der Waals surface area contributed by atoms with Crippen LogP contribution in [0.1, 0.15) is 39.6 Å². The number of fused-ring (bicyclic) bond motifs is 1. The van der Waals surface area contributed by atoms with Crippen LogP contribution in [-0.2, 0) is 4.74 Å². The number of nitrogens with zero attached hydrogens (tertiary/aromatic N) is 2. The van der Waals surface area contributed by atoms with Crippen LogP contribution >= 0.6 is 0 Å². The van der Waals surface area contributed by atoms with E-state index < -0.39 is 34.8 Å². The second-order valence-corrected chi connectivity index (χ2v) is 7.03. The summed E-state index contributed by atoms with van der Waals surface area (Å²) in [5.41, 5.74) is 0.485. The van der Waals surface area contributed by atoms with E-state index in [9.17, 15) is 23.2 Å². The Hall–Kier alpha value is -3.49. The van der Waals surface area contributed by atoms with Gasteiger partial charge in [-0.25, -0.2) is 18.4 Å². The van der Waals surface area contributed by atoms with Crippen molar-refractivity contribution in [1.29, 1.82) is 0 Å². The lowest BCUT2D eigenvalue weighted by Crippen LogP contribution is -2.41. The smallest absolute Gasteiger partial charge is 0.420 e. The lowest BCUT2D eigenvalue weighted by atomic mass is 10.0. The number of ether oxygens (including phenoxy) is 1. The van der Waals surface area contributed by atoms with Crippen molar-refractivity contribution in [3.63, 3.8) is 0 Å². The lowest BCUT2D eigenvalue weighted by molar-refractivity contribution is 0.0599. The maximum atomic E-state index is 13.9. The second-order valence-electron chi connectivity index (χ2n) is 7.03. The SMILES string of the molecule is COC(=O)c1ccc2oc(=O)n(C3CCN(C(=O)c4c(F)cccc4F)CC3)c2c1. The summed E-state index contributed by atoms with van der Waals surface area (Å²) in [5.74, 6) is -3.65. The lowest BCUT2D eigenvalue weighted by Gasteiger charge is -2.32. The van der Waals surface area contributed by atoms with Gasteiger partial charge in [0.1, 0.15) is 17.2 Å². The molecular formula is C21H18F2N2O5. The van der Waals surface area contributed by atoms with Gasteiger partial charge in [-0.2, -0.15) is 0 Å². The molecule has 1 saturated heterocycles. The average molecular weight is 416 g/mol. The van der Waals surface area contributed by atoms with Crippen LogP contribution in [-0.4, -0.2) is 41.5 Å². The van der Waals surface area contributed by atoms with Crippen LogP contribution in [0.3, 0.4) is 0 Å². The highest BCUT2D eigenvalue weighted by molar-refractivity contribution is 5.95. The summed E-state index contributed by atoms with van der Waals surface area (Å²) in [4.78, 5) is 38.2. The van der Waals surface area contributed by atoms with Crippen LogP contribution in [0, 0.1) is 11.6 Å². The quantitative estimate of drug-likeness (QED) is 0.613. The number of likely N-dealkylation sites (tertiary alicyclic amines) is 1. The van der Waals surface area contributed by atoms with Gasteiger partial charge in [0, 0.05) is 19.1 Å². The van der Waals surface area contributed by atoms with Crippen LogP contribution in [0.15, 0.2) is 45.6 Å². The summed E-state index contributed by atoms with van der Waals surface area (Å²) in [6.07, 6.45) is 0.775. The van der Waals surface area contributed by atoms with Crippen LogP contribution < -0.4 is 5.76 Å². The Bertz CT molecular complexity index is 1170. The molecule has 1 aliphatic rings. The minimum atomic E-state index is -0.908. The fourth-order valence-corrected chi connectivity index (χ4v) is 3.81. The predicted molar refractivity (Wildman–Crippen MR) is 102 cm³/mol. The number of piperidine rings is 1. The van der Waals surface area contributed by atoms with Crippen LogP contribution in [0.2, 0.25) is 0 Å². The van der Waals surface area contributed by atoms with E-state index in [1.54, 1.807) is 0 Å². The Kier molecular flexibility index (Phi) is 5.11. The first-order valence-electron chi connectivity index (χ1n) is 9.37.